The third-order valence-corrected chi connectivity index (χ3v) is 5.92. The highest BCUT2D eigenvalue weighted by Crippen LogP contribution is 2.41. The van der Waals surface area contributed by atoms with Crippen LogP contribution in [0.1, 0.15) is 24.5 Å². The number of ether oxygens (including phenoxy) is 1. The number of aromatic nitrogens is 1. The van der Waals surface area contributed by atoms with Crippen molar-refractivity contribution in [3.8, 4) is 28.3 Å². The van der Waals surface area contributed by atoms with Gasteiger partial charge in [0.15, 0.2) is 5.76 Å². The number of benzene rings is 2. The third-order valence-electron chi connectivity index (χ3n) is 5.92. The van der Waals surface area contributed by atoms with Crippen molar-refractivity contribution in [1.82, 2.24) is 10.5 Å². The Kier molecular flexibility index (Phi) is 5.05. The summed E-state index contributed by atoms with van der Waals surface area (Å²) in [6, 6.07) is 12.9. The highest BCUT2D eigenvalue weighted by atomic mass is 16.6. The zero-order chi connectivity index (χ0) is 22.2. The first-order valence-corrected chi connectivity index (χ1v) is 10.6. The zero-order valence-electron chi connectivity index (χ0n) is 17.6. The summed E-state index contributed by atoms with van der Waals surface area (Å²) in [4.78, 5) is 25.2. The van der Waals surface area contributed by atoms with E-state index in [4.69, 9.17) is 9.26 Å². The summed E-state index contributed by atoms with van der Waals surface area (Å²) >= 11 is 0. The summed E-state index contributed by atoms with van der Waals surface area (Å²) in [7, 11) is 0. The van der Waals surface area contributed by atoms with Gasteiger partial charge < -0.3 is 19.7 Å². The molecule has 164 valence electrons. The van der Waals surface area contributed by atoms with Crippen LogP contribution in [-0.2, 0) is 22.4 Å². The van der Waals surface area contributed by atoms with E-state index in [1.807, 2.05) is 30.3 Å². The van der Waals surface area contributed by atoms with Crippen LogP contribution in [0.4, 0.5) is 10.5 Å². The first-order chi connectivity index (χ1) is 15.5. The molecule has 2 aromatic carbocycles. The lowest BCUT2D eigenvalue weighted by Crippen LogP contribution is -2.33. The molecule has 1 saturated heterocycles. The minimum Gasteiger partial charge on any atom is -0.507 e. The van der Waals surface area contributed by atoms with Crippen molar-refractivity contribution in [2.24, 2.45) is 0 Å². The number of nitrogens with one attached hydrogen (secondary N) is 1. The molecule has 2 N–H and O–H groups in total. The molecular formula is C24H23N3O5. The van der Waals surface area contributed by atoms with Crippen LogP contribution in [0.2, 0.25) is 0 Å². The Balaban J connectivity index is 1.49. The highest BCUT2D eigenvalue weighted by molar-refractivity contribution is 5.91. The summed E-state index contributed by atoms with van der Waals surface area (Å²) in [5.74, 6) is 0.662. The number of fused-ring (bicyclic) bond motifs is 3. The maximum absolute atomic E-state index is 12.5. The van der Waals surface area contributed by atoms with Gasteiger partial charge in [-0.05, 0) is 49.1 Å². The second-order valence-corrected chi connectivity index (χ2v) is 8.10. The Morgan fingerprint density at radius 1 is 1.22 bits per heavy atom. The number of amides is 2. The molecular weight excluding hydrogens is 410 g/mol. The zero-order valence-corrected chi connectivity index (χ0v) is 17.6. The van der Waals surface area contributed by atoms with Crippen molar-refractivity contribution in [2.75, 3.05) is 18.0 Å². The fraction of sp³-hybridized carbons (Fsp3) is 0.292. The van der Waals surface area contributed by atoms with Gasteiger partial charge >= 0.3 is 6.09 Å². The standard InChI is InChI=1S/C24H23N3O5/c1-14(28)25-12-17-13-27(24(30)31-17)16-10-9-15-5-4-7-19-22(18-6-2-3-8-21(18)29)26-32-23(19)20(15)11-16/h2-3,6,8-11,17,29H,4-5,7,12-13H2,1H3,(H,25,28)/t17-/m0/s1. The summed E-state index contributed by atoms with van der Waals surface area (Å²) in [6.07, 6.45) is 1.72. The van der Waals surface area contributed by atoms with Crippen molar-refractivity contribution in [3.63, 3.8) is 0 Å². The monoisotopic (exact) mass is 433 g/mol. The molecule has 8 heteroatoms. The smallest absolute Gasteiger partial charge is 0.414 e. The molecule has 3 aromatic rings. The van der Waals surface area contributed by atoms with Gasteiger partial charge in [-0.1, -0.05) is 23.4 Å². The van der Waals surface area contributed by atoms with Crippen molar-refractivity contribution < 1.29 is 24.0 Å². The Morgan fingerprint density at radius 3 is 2.88 bits per heavy atom. The van der Waals surface area contributed by atoms with Gasteiger partial charge in [0.1, 0.15) is 17.5 Å². The summed E-state index contributed by atoms with van der Waals surface area (Å²) in [5.41, 5.74) is 4.95. The Bertz CT molecular complexity index is 1200. The maximum Gasteiger partial charge on any atom is 0.414 e. The predicted octanol–water partition coefficient (Wildman–Crippen LogP) is 3.66. The Hall–Kier alpha value is -3.81. The highest BCUT2D eigenvalue weighted by Gasteiger charge is 2.33. The Labute approximate surface area is 184 Å². The van der Waals surface area contributed by atoms with E-state index in [1.54, 1.807) is 17.0 Å². The number of nitrogens with zero attached hydrogens (tertiary/aromatic N) is 2. The van der Waals surface area contributed by atoms with E-state index in [1.165, 1.54) is 6.92 Å². The lowest BCUT2D eigenvalue weighted by molar-refractivity contribution is -0.119. The molecule has 8 nitrogen and oxygen atoms in total. The van der Waals surface area contributed by atoms with Crippen molar-refractivity contribution in [3.05, 3.63) is 53.6 Å². The molecule has 1 fully saturated rings. The van der Waals surface area contributed by atoms with Crippen molar-refractivity contribution in [1.29, 1.82) is 0 Å². The van der Waals surface area contributed by atoms with Crippen LogP contribution in [0.15, 0.2) is 47.0 Å². The van der Waals surface area contributed by atoms with E-state index >= 15 is 0 Å². The van der Waals surface area contributed by atoms with Gasteiger partial charge in [0.2, 0.25) is 5.91 Å². The van der Waals surface area contributed by atoms with E-state index in [0.29, 0.717) is 29.2 Å². The predicted molar refractivity (Wildman–Crippen MR) is 117 cm³/mol. The fourth-order valence-corrected chi connectivity index (χ4v) is 4.35. The van der Waals surface area contributed by atoms with Crippen LogP contribution in [0.5, 0.6) is 5.75 Å². The quantitative estimate of drug-likeness (QED) is 0.651. The minimum absolute atomic E-state index is 0.159. The summed E-state index contributed by atoms with van der Waals surface area (Å²) in [5, 5.41) is 17.3. The number of carbonyl (C=O) groups excluding carboxylic acids is 2. The molecule has 1 aromatic heterocycles. The number of rotatable bonds is 4. The van der Waals surface area contributed by atoms with Crippen LogP contribution in [-0.4, -0.2) is 41.5 Å². The number of aromatic hydroxyl groups is 1. The summed E-state index contributed by atoms with van der Waals surface area (Å²) < 4.78 is 11.2. The van der Waals surface area contributed by atoms with E-state index in [-0.39, 0.29) is 18.2 Å². The molecule has 5 rings (SSSR count). The maximum atomic E-state index is 12.5. The van der Waals surface area contributed by atoms with Crippen LogP contribution in [0.25, 0.3) is 22.6 Å². The van der Waals surface area contributed by atoms with Crippen molar-refractivity contribution >= 4 is 17.7 Å². The first kappa shape index (κ1) is 20.1. The topological polar surface area (TPSA) is 105 Å². The molecule has 0 bridgehead atoms. The number of phenols is 1. The minimum atomic E-state index is -0.443. The molecule has 0 spiro atoms. The number of cyclic esters (lactones) is 1. The number of carbonyl (C=O) groups is 2. The average molecular weight is 433 g/mol. The fourth-order valence-electron chi connectivity index (χ4n) is 4.35. The molecule has 0 saturated carbocycles. The van der Waals surface area contributed by atoms with Gasteiger partial charge in [0.05, 0.1) is 13.1 Å². The van der Waals surface area contributed by atoms with Gasteiger partial charge in [0.25, 0.3) is 0 Å². The van der Waals surface area contributed by atoms with Gasteiger partial charge in [-0.25, -0.2) is 4.79 Å². The third kappa shape index (κ3) is 3.57. The van der Waals surface area contributed by atoms with Gasteiger partial charge in [-0.2, -0.15) is 0 Å². The molecule has 1 atom stereocenters. The van der Waals surface area contributed by atoms with E-state index in [9.17, 15) is 14.7 Å². The molecule has 2 amide bonds. The van der Waals surface area contributed by atoms with Crippen molar-refractivity contribution in [2.45, 2.75) is 32.3 Å². The summed E-state index contributed by atoms with van der Waals surface area (Å²) in [6.45, 7) is 2.06. The second kappa shape index (κ2) is 8.03. The molecule has 32 heavy (non-hydrogen) atoms. The molecule has 1 aliphatic carbocycles. The molecule has 2 aliphatic rings. The first-order valence-electron chi connectivity index (χ1n) is 10.6. The average Bonchev–Trinajstić information content (AvgIpc) is 3.31. The number of aryl methyl sites for hydroxylation is 1. The van der Waals surface area contributed by atoms with Crippen LogP contribution in [0, 0.1) is 0 Å². The normalized spacial score (nSPS) is 17.3. The van der Waals surface area contributed by atoms with E-state index in [2.05, 4.69) is 10.5 Å². The largest absolute Gasteiger partial charge is 0.507 e. The van der Waals surface area contributed by atoms with Crippen LogP contribution >= 0.6 is 0 Å². The number of para-hydroxylation sites is 1. The van der Waals surface area contributed by atoms with Crippen LogP contribution < -0.4 is 10.2 Å². The second-order valence-electron chi connectivity index (χ2n) is 8.10. The lowest BCUT2D eigenvalue weighted by atomic mass is 9.99. The number of hydrogen-bond donors (Lipinski definition) is 2. The van der Waals surface area contributed by atoms with Gasteiger partial charge in [0, 0.05) is 29.3 Å². The lowest BCUT2D eigenvalue weighted by Gasteiger charge is -2.15. The molecule has 1 aliphatic heterocycles. The molecule has 0 radical (unpaired) electrons. The van der Waals surface area contributed by atoms with Gasteiger partial charge in [-0.3, -0.25) is 9.69 Å². The number of anilines is 1. The van der Waals surface area contributed by atoms with Crippen LogP contribution in [0.3, 0.4) is 0 Å². The van der Waals surface area contributed by atoms with E-state index in [0.717, 1.165) is 36.0 Å². The molecule has 0 unspecified atom stereocenters. The number of hydrogen-bond acceptors (Lipinski definition) is 6. The Morgan fingerprint density at radius 2 is 2.06 bits per heavy atom. The SMILES string of the molecule is CC(=O)NC[C@H]1CN(c2ccc3c(c2)-c2onc(-c4ccccc4O)c2CCC3)C(=O)O1. The van der Waals surface area contributed by atoms with E-state index < -0.39 is 12.2 Å². The molecule has 2 heterocycles. The number of phenolic OH excluding ortho intramolecular Hbond substituents is 1. The van der Waals surface area contributed by atoms with Gasteiger partial charge in [-0.15, -0.1) is 0 Å².